The molecule has 0 amide bonds. The van der Waals surface area contributed by atoms with Crippen LogP contribution in [0.4, 0.5) is 0 Å². The Hall–Kier alpha value is 1.40. The Morgan fingerprint density at radius 3 is 1.42 bits per heavy atom. The molecule has 0 saturated heterocycles. The molecule has 0 fully saturated rings. The van der Waals surface area contributed by atoms with E-state index in [-0.39, 0.29) is 0 Å². The first-order chi connectivity index (χ1) is 5.70. The van der Waals surface area contributed by atoms with Crippen molar-refractivity contribution >= 4 is 45.1 Å². The molecule has 0 aromatic carbocycles. The quantitative estimate of drug-likeness (QED) is 0.621. The van der Waals surface area contributed by atoms with E-state index >= 15 is 0 Å². The highest BCUT2D eigenvalue weighted by atomic mass is 33.1. The van der Waals surface area contributed by atoms with Crippen molar-refractivity contribution in [3.05, 3.63) is 0 Å². The van der Waals surface area contributed by atoms with E-state index in [0.717, 1.165) is 10.5 Å². The smallest absolute Gasteiger partial charge is 0.0213 e. The molecule has 0 saturated carbocycles. The molecule has 0 aliphatic heterocycles. The fourth-order valence-corrected chi connectivity index (χ4v) is 5.43. The molecule has 0 unspecified atom stereocenters. The van der Waals surface area contributed by atoms with Gasteiger partial charge in [0.05, 0.1) is 0 Å². The highest BCUT2D eigenvalue weighted by molar-refractivity contribution is 8.77. The molecule has 0 radical (unpaired) electrons. The Morgan fingerprint density at radius 1 is 0.833 bits per heavy atom. The Kier molecular flexibility index (Phi) is 10.0. The van der Waals surface area contributed by atoms with Crippen LogP contribution in [0.1, 0.15) is 13.8 Å². The minimum Gasteiger partial charge on any atom is -0.164 e. The van der Waals surface area contributed by atoms with Gasteiger partial charge in [0.15, 0.2) is 0 Å². The van der Waals surface area contributed by atoms with E-state index in [9.17, 15) is 0 Å². The summed E-state index contributed by atoms with van der Waals surface area (Å²) < 4.78 is 0. The third kappa shape index (κ3) is 8.02. The first-order valence-corrected chi connectivity index (χ1v) is 9.07. The van der Waals surface area contributed by atoms with Crippen molar-refractivity contribution < 1.29 is 0 Å². The Bertz CT molecular complexity index is 85.1. The number of rotatable bonds is 7. The van der Waals surface area contributed by atoms with Gasteiger partial charge in [0.1, 0.15) is 0 Å². The second kappa shape index (κ2) is 8.97. The van der Waals surface area contributed by atoms with Crippen LogP contribution < -0.4 is 0 Å². The van der Waals surface area contributed by atoms with E-state index in [0.29, 0.717) is 0 Å². The summed E-state index contributed by atoms with van der Waals surface area (Å²) in [6.45, 7) is 4.61. The van der Waals surface area contributed by atoms with Crippen molar-refractivity contribution in [3.63, 3.8) is 0 Å². The molecule has 0 aromatic heterocycles. The van der Waals surface area contributed by atoms with Crippen LogP contribution in [0.5, 0.6) is 0 Å². The van der Waals surface area contributed by atoms with Gasteiger partial charge in [0.2, 0.25) is 0 Å². The Labute approximate surface area is 93.2 Å². The van der Waals surface area contributed by atoms with Crippen molar-refractivity contribution in [2.75, 3.05) is 24.0 Å². The largest absolute Gasteiger partial charge is 0.164 e. The molecule has 0 spiro atoms. The van der Waals surface area contributed by atoms with Gasteiger partial charge in [-0.15, -0.1) is 0 Å². The van der Waals surface area contributed by atoms with E-state index in [2.05, 4.69) is 26.4 Å². The van der Waals surface area contributed by atoms with E-state index in [1.807, 2.05) is 45.1 Å². The summed E-state index contributed by atoms with van der Waals surface area (Å²) in [5, 5.41) is 1.57. The molecular formula is C8H18S4. The van der Waals surface area contributed by atoms with E-state index in [1.165, 1.54) is 11.5 Å². The fourth-order valence-electron chi connectivity index (χ4n) is 0.715. The molecular weight excluding hydrogens is 224 g/mol. The normalized spacial score (nSPS) is 16.0. The van der Waals surface area contributed by atoms with E-state index < -0.39 is 0 Å². The maximum Gasteiger partial charge on any atom is 0.0213 e. The molecule has 74 valence electrons. The van der Waals surface area contributed by atoms with Crippen LogP contribution in [-0.4, -0.2) is 34.5 Å². The van der Waals surface area contributed by atoms with Gasteiger partial charge in [-0.1, -0.05) is 35.4 Å². The lowest BCUT2D eigenvalue weighted by molar-refractivity contribution is 1.13. The highest BCUT2D eigenvalue weighted by Crippen LogP contribution is 2.33. The van der Waals surface area contributed by atoms with Crippen molar-refractivity contribution in [3.8, 4) is 0 Å². The van der Waals surface area contributed by atoms with Crippen LogP contribution in [-0.2, 0) is 0 Å². The first kappa shape index (κ1) is 13.4. The second-order valence-corrected chi connectivity index (χ2v) is 7.69. The summed E-state index contributed by atoms with van der Waals surface area (Å²) in [6, 6.07) is 0. The molecule has 4 heteroatoms. The molecule has 0 rings (SSSR count). The maximum absolute atomic E-state index is 2.31. The topological polar surface area (TPSA) is 0 Å². The van der Waals surface area contributed by atoms with Gasteiger partial charge in [-0.25, -0.2) is 0 Å². The average molecular weight is 242 g/mol. The van der Waals surface area contributed by atoms with E-state index in [4.69, 9.17) is 0 Å². The number of hydrogen-bond acceptors (Lipinski definition) is 4. The molecule has 0 aromatic rings. The zero-order valence-corrected chi connectivity index (χ0v) is 11.5. The minimum absolute atomic E-state index is 0.786. The number of hydrogen-bond donors (Lipinski definition) is 0. The monoisotopic (exact) mass is 242 g/mol. The molecule has 0 N–H and O–H groups in total. The number of thioether (sulfide) groups is 2. The lowest BCUT2D eigenvalue weighted by Gasteiger charge is -2.12. The van der Waals surface area contributed by atoms with Gasteiger partial charge in [-0.05, 0) is 12.5 Å². The standard InChI is InChI=1S/C8H18S4/c1-7(5-9-3)11-12-8(2)6-10-4/h7-8H,5-6H2,1-4H3/t7-,8+. The molecule has 0 aliphatic carbocycles. The third-order valence-electron chi connectivity index (χ3n) is 1.19. The van der Waals surface area contributed by atoms with Crippen LogP contribution >= 0.6 is 45.1 Å². The Balaban J connectivity index is 3.27. The van der Waals surface area contributed by atoms with Gasteiger partial charge in [0, 0.05) is 22.0 Å². The summed E-state index contributed by atoms with van der Waals surface area (Å²) in [4.78, 5) is 0. The predicted octanol–water partition coefficient (Wildman–Crippen LogP) is 3.87. The predicted molar refractivity (Wildman–Crippen MR) is 70.9 cm³/mol. The van der Waals surface area contributed by atoms with Gasteiger partial charge >= 0.3 is 0 Å². The van der Waals surface area contributed by atoms with Crippen LogP contribution in [0, 0.1) is 0 Å². The van der Waals surface area contributed by atoms with Gasteiger partial charge < -0.3 is 0 Å². The molecule has 0 nitrogen and oxygen atoms in total. The molecule has 0 aliphatic rings. The Morgan fingerprint density at radius 2 is 1.17 bits per heavy atom. The summed E-state index contributed by atoms with van der Waals surface area (Å²) in [5.74, 6) is 2.54. The van der Waals surface area contributed by atoms with Crippen molar-refractivity contribution in [1.29, 1.82) is 0 Å². The van der Waals surface area contributed by atoms with E-state index in [1.54, 1.807) is 0 Å². The lowest BCUT2D eigenvalue weighted by atomic mass is 10.6. The highest BCUT2D eigenvalue weighted by Gasteiger charge is 2.06. The summed E-state index contributed by atoms with van der Waals surface area (Å²) in [6.07, 6.45) is 4.35. The summed E-state index contributed by atoms with van der Waals surface area (Å²) >= 11 is 3.87. The average Bonchev–Trinajstić information content (AvgIpc) is 2.02. The van der Waals surface area contributed by atoms with Crippen molar-refractivity contribution in [2.45, 2.75) is 24.3 Å². The van der Waals surface area contributed by atoms with Gasteiger partial charge in [-0.3, -0.25) is 0 Å². The zero-order valence-electron chi connectivity index (χ0n) is 8.20. The fraction of sp³-hybridized carbons (Fsp3) is 1.00. The van der Waals surface area contributed by atoms with Gasteiger partial charge in [0.25, 0.3) is 0 Å². The summed E-state index contributed by atoms with van der Waals surface area (Å²) in [5.41, 5.74) is 0. The maximum atomic E-state index is 2.31. The first-order valence-electron chi connectivity index (χ1n) is 4.00. The van der Waals surface area contributed by atoms with Crippen LogP contribution in [0.3, 0.4) is 0 Å². The SMILES string of the molecule is CSC[C@@H](C)SS[C@@H](C)CSC. The minimum atomic E-state index is 0.786. The lowest BCUT2D eigenvalue weighted by Crippen LogP contribution is -2.01. The zero-order chi connectivity index (χ0) is 9.40. The second-order valence-electron chi connectivity index (χ2n) is 2.72. The van der Waals surface area contributed by atoms with Crippen molar-refractivity contribution in [1.82, 2.24) is 0 Å². The van der Waals surface area contributed by atoms with Crippen LogP contribution in [0.25, 0.3) is 0 Å². The van der Waals surface area contributed by atoms with Crippen LogP contribution in [0.15, 0.2) is 0 Å². The molecule has 0 bridgehead atoms. The molecule has 0 heterocycles. The van der Waals surface area contributed by atoms with Crippen molar-refractivity contribution in [2.24, 2.45) is 0 Å². The van der Waals surface area contributed by atoms with Gasteiger partial charge in [-0.2, -0.15) is 23.5 Å². The molecule has 12 heavy (non-hydrogen) atoms. The molecule has 2 atom stereocenters. The third-order valence-corrected chi connectivity index (χ3v) is 6.68. The van der Waals surface area contributed by atoms with Crippen LogP contribution in [0.2, 0.25) is 0 Å². The summed E-state index contributed by atoms with van der Waals surface area (Å²) in [7, 11) is 4.06.